The number of benzene rings is 4. The molecule has 4 aromatic carbocycles. The fourth-order valence-electron chi connectivity index (χ4n) is 6.39. The Balaban J connectivity index is 1.56. The van der Waals surface area contributed by atoms with Crippen molar-refractivity contribution >= 4 is 23.1 Å². The van der Waals surface area contributed by atoms with Gasteiger partial charge in [0.15, 0.2) is 17.3 Å². The van der Waals surface area contributed by atoms with Gasteiger partial charge in [-0.3, -0.25) is 14.5 Å². The fraction of sp³-hybridized carbons (Fsp3) is 0.243. The summed E-state index contributed by atoms with van der Waals surface area (Å²) in [6.45, 7) is 1.94. The highest BCUT2D eigenvalue weighted by Crippen LogP contribution is 2.49. The molecule has 1 N–H and O–H groups in total. The van der Waals surface area contributed by atoms with Crippen LogP contribution in [0.5, 0.6) is 23.0 Å². The molecule has 1 amide bonds. The second kappa shape index (κ2) is 12.6. The zero-order chi connectivity index (χ0) is 32.5. The van der Waals surface area contributed by atoms with Crippen LogP contribution in [0.15, 0.2) is 90.1 Å². The molecule has 1 aliphatic carbocycles. The number of allylic oxidation sites excluding steroid dienone is 1. The van der Waals surface area contributed by atoms with Gasteiger partial charge >= 0.3 is 0 Å². The van der Waals surface area contributed by atoms with Gasteiger partial charge < -0.3 is 24.3 Å². The predicted molar refractivity (Wildman–Crippen MR) is 174 cm³/mol. The molecule has 0 aromatic heterocycles. The van der Waals surface area contributed by atoms with Gasteiger partial charge in [-0.1, -0.05) is 30.3 Å². The number of rotatable bonds is 7. The SMILES string of the molecule is COc1ccc(C2CC(=O)C3=C(C2)Nc2ccc(C)cc2N(C(=O)c2cc(OC)c(OC)c(OC)c2)C3c2ccc(F)cc2)cc1. The molecule has 2 unspecified atom stereocenters. The van der Waals surface area contributed by atoms with Crippen LogP contribution in [0.1, 0.15) is 51.8 Å². The van der Waals surface area contributed by atoms with Crippen LogP contribution in [-0.4, -0.2) is 40.1 Å². The monoisotopic (exact) mass is 622 g/mol. The van der Waals surface area contributed by atoms with Gasteiger partial charge in [-0.25, -0.2) is 4.39 Å². The first kappa shape index (κ1) is 30.7. The largest absolute Gasteiger partial charge is 0.497 e. The van der Waals surface area contributed by atoms with Crippen molar-refractivity contribution in [3.05, 3.63) is 118 Å². The quantitative estimate of drug-likeness (QED) is 0.230. The topological polar surface area (TPSA) is 86.3 Å². The third-order valence-corrected chi connectivity index (χ3v) is 8.64. The van der Waals surface area contributed by atoms with E-state index in [1.807, 2.05) is 49.4 Å². The van der Waals surface area contributed by atoms with Crippen molar-refractivity contribution in [2.45, 2.75) is 31.7 Å². The van der Waals surface area contributed by atoms with Crippen molar-refractivity contribution in [2.24, 2.45) is 0 Å². The minimum atomic E-state index is -0.859. The third kappa shape index (κ3) is 5.53. The lowest BCUT2D eigenvalue weighted by molar-refractivity contribution is -0.116. The maximum Gasteiger partial charge on any atom is 0.259 e. The summed E-state index contributed by atoms with van der Waals surface area (Å²) in [7, 11) is 6.08. The van der Waals surface area contributed by atoms with Crippen LogP contribution < -0.4 is 29.2 Å². The molecule has 236 valence electrons. The summed E-state index contributed by atoms with van der Waals surface area (Å²) < 4.78 is 36.2. The Labute approximate surface area is 267 Å². The first-order valence-electron chi connectivity index (χ1n) is 14.9. The fourth-order valence-corrected chi connectivity index (χ4v) is 6.39. The minimum absolute atomic E-state index is 0.0928. The Hall–Kier alpha value is -5.31. The zero-order valence-corrected chi connectivity index (χ0v) is 26.3. The van der Waals surface area contributed by atoms with Crippen LogP contribution in [-0.2, 0) is 4.79 Å². The maximum atomic E-state index is 14.9. The van der Waals surface area contributed by atoms with Gasteiger partial charge in [0.25, 0.3) is 5.91 Å². The van der Waals surface area contributed by atoms with Crippen molar-refractivity contribution in [3.63, 3.8) is 0 Å². The molecule has 0 spiro atoms. The molecule has 0 saturated heterocycles. The van der Waals surface area contributed by atoms with Crippen LogP contribution in [0, 0.1) is 12.7 Å². The molecule has 0 fully saturated rings. The molecule has 0 bridgehead atoms. The van der Waals surface area contributed by atoms with E-state index in [4.69, 9.17) is 18.9 Å². The number of aryl methyl sites for hydroxylation is 1. The molecule has 8 nitrogen and oxygen atoms in total. The molecule has 1 aliphatic heterocycles. The molecule has 0 radical (unpaired) electrons. The highest BCUT2D eigenvalue weighted by molar-refractivity contribution is 6.12. The van der Waals surface area contributed by atoms with Crippen molar-refractivity contribution in [1.82, 2.24) is 0 Å². The van der Waals surface area contributed by atoms with E-state index in [0.717, 1.165) is 22.6 Å². The average molecular weight is 623 g/mol. The smallest absolute Gasteiger partial charge is 0.259 e. The number of hydrogen-bond acceptors (Lipinski definition) is 7. The highest BCUT2D eigenvalue weighted by atomic mass is 19.1. The normalized spacial score (nSPS) is 17.3. The molecule has 46 heavy (non-hydrogen) atoms. The number of carbonyl (C=O) groups is 2. The van der Waals surface area contributed by atoms with Gasteiger partial charge in [-0.2, -0.15) is 0 Å². The van der Waals surface area contributed by atoms with E-state index in [2.05, 4.69) is 5.32 Å². The van der Waals surface area contributed by atoms with E-state index in [9.17, 15) is 14.0 Å². The summed E-state index contributed by atoms with van der Waals surface area (Å²) in [4.78, 5) is 30.8. The number of hydrogen-bond donors (Lipinski definition) is 1. The molecule has 4 aromatic rings. The lowest BCUT2D eigenvalue weighted by atomic mass is 9.78. The highest BCUT2D eigenvalue weighted by Gasteiger charge is 2.42. The zero-order valence-electron chi connectivity index (χ0n) is 26.3. The number of carbonyl (C=O) groups excluding carboxylic acids is 2. The van der Waals surface area contributed by atoms with Crippen molar-refractivity contribution in [3.8, 4) is 23.0 Å². The van der Waals surface area contributed by atoms with Crippen LogP contribution >= 0.6 is 0 Å². The predicted octanol–water partition coefficient (Wildman–Crippen LogP) is 7.38. The first-order valence-corrected chi connectivity index (χ1v) is 14.9. The minimum Gasteiger partial charge on any atom is -0.497 e. The summed E-state index contributed by atoms with van der Waals surface area (Å²) in [6.07, 6.45) is 0.775. The molecule has 2 atom stereocenters. The number of methoxy groups -OCH3 is 4. The van der Waals surface area contributed by atoms with Gasteiger partial charge in [0, 0.05) is 23.3 Å². The average Bonchev–Trinajstić information content (AvgIpc) is 3.22. The number of nitrogens with one attached hydrogen (secondary N) is 1. The van der Waals surface area contributed by atoms with Crippen molar-refractivity contribution in [2.75, 3.05) is 38.7 Å². The Bertz CT molecular complexity index is 1810. The number of ketones is 1. The van der Waals surface area contributed by atoms with Crippen molar-refractivity contribution in [1.29, 1.82) is 0 Å². The summed E-state index contributed by atoms with van der Waals surface area (Å²) in [5, 5.41) is 3.55. The van der Waals surface area contributed by atoms with Crippen molar-refractivity contribution < 1.29 is 32.9 Å². The molecule has 1 heterocycles. The Morgan fingerprint density at radius 1 is 0.804 bits per heavy atom. The van der Waals surface area contributed by atoms with Crippen LogP contribution in [0.25, 0.3) is 0 Å². The van der Waals surface area contributed by atoms with Crippen LogP contribution in [0.4, 0.5) is 15.8 Å². The summed E-state index contributed by atoms with van der Waals surface area (Å²) >= 11 is 0. The standard InChI is InChI=1S/C37H35FN2O6/c1-21-6-15-28-30(16-21)40(37(42)25-19-32(44-3)36(46-5)33(20-25)45-4)35(23-7-11-26(38)12-8-23)34-29(39-28)17-24(18-31(34)41)22-9-13-27(43-2)14-10-22/h6-16,19-20,24,35,39H,17-18H2,1-5H3. The van der Waals surface area contributed by atoms with E-state index in [-0.39, 0.29) is 23.7 Å². The lowest BCUT2D eigenvalue weighted by Crippen LogP contribution is -2.38. The van der Waals surface area contributed by atoms with Crippen LogP contribution in [0.2, 0.25) is 0 Å². The number of amides is 1. The molecular weight excluding hydrogens is 587 g/mol. The molecule has 0 saturated carbocycles. The van der Waals surface area contributed by atoms with Gasteiger partial charge in [0.2, 0.25) is 5.75 Å². The number of ether oxygens (including phenoxy) is 4. The molecule has 2 aliphatic rings. The number of fused-ring (bicyclic) bond motifs is 1. The lowest BCUT2D eigenvalue weighted by Gasteiger charge is -2.35. The first-order chi connectivity index (χ1) is 22.3. The number of Topliss-reactive ketones (excluding diaryl/α,β-unsaturated/α-hetero) is 1. The molecular formula is C37H35FN2O6. The van der Waals surface area contributed by atoms with E-state index in [0.29, 0.717) is 46.2 Å². The second-order valence-electron chi connectivity index (χ2n) is 11.4. The summed E-state index contributed by atoms with van der Waals surface area (Å²) in [6, 6.07) is 21.8. The molecule has 9 heteroatoms. The van der Waals surface area contributed by atoms with E-state index in [1.165, 1.54) is 33.5 Å². The Morgan fingerprint density at radius 2 is 1.46 bits per heavy atom. The van der Waals surface area contributed by atoms with Gasteiger partial charge in [-0.15, -0.1) is 0 Å². The number of halogens is 1. The summed E-state index contributed by atoms with van der Waals surface area (Å²) in [5.74, 6) is 0.705. The van der Waals surface area contributed by atoms with Gasteiger partial charge in [0.1, 0.15) is 11.6 Å². The number of nitrogens with zero attached hydrogens (tertiary/aromatic N) is 1. The Morgan fingerprint density at radius 3 is 2.07 bits per heavy atom. The summed E-state index contributed by atoms with van der Waals surface area (Å²) in [5.41, 5.74) is 5.23. The molecule has 6 rings (SSSR count). The number of anilines is 2. The third-order valence-electron chi connectivity index (χ3n) is 8.64. The second-order valence-corrected chi connectivity index (χ2v) is 11.4. The van der Waals surface area contributed by atoms with Gasteiger partial charge in [-0.05, 0) is 84.5 Å². The van der Waals surface area contributed by atoms with E-state index >= 15 is 0 Å². The van der Waals surface area contributed by atoms with Crippen LogP contribution in [0.3, 0.4) is 0 Å². The van der Waals surface area contributed by atoms with E-state index < -0.39 is 17.8 Å². The Kier molecular flexibility index (Phi) is 8.41. The van der Waals surface area contributed by atoms with E-state index in [1.54, 1.807) is 36.3 Å². The van der Waals surface area contributed by atoms with Gasteiger partial charge in [0.05, 0.1) is 45.9 Å². The maximum absolute atomic E-state index is 14.9.